The van der Waals surface area contributed by atoms with E-state index in [2.05, 4.69) is 62.0 Å². The van der Waals surface area contributed by atoms with Gasteiger partial charge in [0.05, 0.1) is 0 Å². The summed E-state index contributed by atoms with van der Waals surface area (Å²) in [6, 6.07) is 2.46. The average Bonchev–Trinajstić information content (AvgIpc) is 2.39. The Morgan fingerprint density at radius 3 is 2.89 bits per heavy atom. The third-order valence-electron chi connectivity index (χ3n) is 3.56. The van der Waals surface area contributed by atoms with Crippen LogP contribution in [0.15, 0.2) is 10.7 Å². The fraction of sp³-hybridized carbons (Fsp3) is 0.692. The molecule has 1 atom stereocenters. The molecule has 1 N–H and O–H groups in total. The fourth-order valence-electron chi connectivity index (χ4n) is 2.26. The Morgan fingerprint density at radius 2 is 2.16 bits per heavy atom. The predicted octanol–water partition coefficient (Wildman–Crippen LogP) is 1.46. The van der Waals surface area contributed by atoms with Gasteiger partial charge in [0, 0.05) is 44.7 Å². The van der Waals surface area contributed by atoms with Crippen LogP contribution in [0.3, 0.4) is 0 Å². The smallest absolute Gasteiger partial charge is 0.131 e. The van der Waals surface area contributed by atoms with Crippen molar-refractivity contribution in [1.82, 2.24) is 19.8 Å². The van der Waals surface area contributed by atoms with Crippen LogP contribution in [-0.4, -0.2) is 66.1 Å². The highest BCUT2D eigenvalue weighted by Gasteiger charge is 2.21. The summed E-state index contributed by atoms with van der Waals surface area (Å²) in [4.78, 5) is 13.6. The van der Waals surface area contributed by atoms with Crippen LogP contribution in [0.1, 0.15) is 12.7 Å². The van der Waals surface area contributed by atoms with Crippen LogP contribution in [0.4, 0.5) is 5.82 Å². The first-order valence-electron chi connectivity index (χ1n) is 6.74. The van der Waals surface area contributed by atoms with E-state index in [-0.39, 0.29) is 0 Å². The standard InChI is InChI=1S/C13H22BrN5/c1-4-12-16-11(14)7-13(17-12)15-8-10-9-18(2)5-6-19(10)3/h7,10H,4-6,8-9H2,1-3H3,(H,15,16,17). The second-order valence-electron chi connectivity index (χ2n) is 5.12. The summed E-state index contributed by atoms with van der Waals surface area (Å²) >= 11 is 3.43. The van der Waals surface area contributed by atoms with Gasteiger partial charge in [-0.05, 0) is 30.0 Å². The lowest BCUT2D eigenvalue weighted by Crippen LogP contribution is -2.52. The number of likely N-dealkylation sites (N-methyl/N-ethyl adjacent to an activating group) is 2. The number of hydrogen-bond donors (Lipinski definition) is 1. The van der Waals surface area contributed by atoms with E-state index < -0.39 is 0 Å². The zero-order chi connectivity index (χ0) is 13.8. The summed E-state index contributed by atoms with van der Waals surface area (Å²) < 4.78 is 0.843. The first-order chi connectivity index (χ1) is 9.08. The van der Waals surface area contributed by atoms with Crippen molar-refractivity contribution >= 4 is 21.7 Å². The Balaban J connectivity index is 1.96. The molecule has 19 heavy (non-hydrogen) atoms. The van der Waals surface area contributed by atoms with E-state index in [9.17, 15) is 0 Å². The highest BCUT2D eigenvalue weighted by atomic mass is 79.9. The highest BCUT2D eigenvalue weighted by molar-refractivity contribution is 9.10. The normalized spacial score (nSPS) is 21.6. The minimum atomic E-state index is 0.526. The molecule has 1 saturated heterocycles. The van der Waals surface area contributed by atoms with E-state index in [1.165, 1.54) is 0 Å². The van der Waals surface area contributed by atoms with Crippen LogP contribution in [-0.2, 0) is 6.42 Å². The van der Waals surface area contributed by atoms with Crippen LogP contribution in [0.2, 0.25) is 0 Å². The van der Waals surface area contributed by atoms with Gasteiger partial charge < -0.3 is 10.2 Å². The van der Waals surface area contributed by atoms with Gasteiger partial charge in [-0.25, -0.2) is 9.97 Å². The minimum Gasteiger partial charge on any atom is -0.368 e. The van der Waals surface area contributed by atoms with Crippen molar-refractivity contribution in [3.8, 4) is 0 Å². The molecule has 2 rings (SSSR count). The number of hydrogen-bond acceptors (Lipinski definition) is 5. The van der Waals surface area contributed by atoms with Crippen molar-refractivity contribution < 1.29 is 0 Å². The van der Waals surface area contributed by atoms with E-state index >= 15 is 0 Å². The van der Waals surface area contributed by atoms with Crippen LogP contribution in [0.25, 0.3) is 0 Å². The largest absolute Gasteiger partial charge is 0.368 e. The molecule has 1 unspecified atom stereocenters. The number of piperazine rings is 1. The van der Waals surface area contributed by atoms with Gasteiger partial charge in [-0.2, -0.15) is 0 Å². The van der Waals surface area contributed by atoms with Gasteiger partial charge >= 0.3 is 0 Å². The van der Waals surface area contributed by atoms with E-state index in [0.717, 1.165) is 48.8 Å². The lowest BCUT2D eigenvalue weighted by Gasteiger charge is -2.37. The molecule has 0 saturated carbocycles. The van der Waals surface area contributed by atoms with E-state index in [1.54, 1.807) is 0 Å². The van der Waals surface area contributed by atoms with Gasteiger partial charge in [0.2, 0.25) is 0 Å². The molecule has 0 aromatic carbocycles. The molecular weight excluding hydrogens is 306 g/mol. The van der Waals surface area contributed by atoms with E-state index in [1.807, 2.05) is 6.07 Å². The maximum atomic E-state index is 4.50. The maximum absolute atomic E-state index is 4.50. The maximum Gasteiger partial charge on any atom is 0.131 e. The second-order valence-corrected chi connectivity index (χ2v) is 5.94. The molecule has 0 spiro atoms. The van der Waals surface area contributed by atoms with Crippen molar-refractivity contribution in [2.45, 2.75) is 19.4 Å². The summed E-state index contributed by atoms with van der Waals surface area (Å²) in [7, 11) is 4.36. The molecule has 1 aliphatic rings. The first kappa shape index (κ1) is 14.7. The molecule has 5 nitrogen and oxygen atoms in total. The Hall–Kier alpha value is -0.720. The molecule has 1 aliphatic heterocycles. The predicted molar refractivity (Wildman–Crippen MR) is 81.5 cm³/mol. The monoisotopic (exact) mass is 327 g/mol. The second kappa shape index (κ2) is 6.63. The SMILES string of the molecule is CCc1nc(Br)cc(NCC2CN(C)CCN2C)n1. The number of aromatic nitrogens is 2. The Labute approximate surface area is 123 Å². The summed E-state index contributed by atoms with van der Waals surface area (Å²) in [5.74, 6) is 1.77. The summed E-state index contributed by atoms with van der Waals surface area (Å²) in [5, 5.41) is 3.43. The van der Waals surface area contributed by atoms with Gasteiger partial charge in [0.1, 0.15) is 16.2 Å². The summed E-state index contributed by atoms with van der Waals surface area (Å²) in [5.41, 5.74) is 0. The lowest BCUT2D eigenvalue weighted by atomic mass is 10.2. The van der Waals surface area contributed by atoms with Gasteiger partial charge in [-0.15, -0.1) is 0 Å². The summed E-state index contributed by atoms with van der Waals surface area (Å²) in [6.07, 6.45) is 0.847. The van der Waals surface area contributed by atoms with Gasteiger partial charge in [0.25, 0.3) is 0 Å². The van der Waals surface area contributed by atoms with Crippen LogP contribution in [0, 0.1) is 0 Å². The molecule has 0 amide bonds. The molecule has 0 bridgehead atoms. The van der Waals surface area contributed by atoms with Crippen molar-refractivity contribution in [1.29, 1.82) is 0 Å². The van der Waals surface area contributed by atoms with Crippen LogP contribution in [0.5, 0.6) is 0 Å². The van der Waals surface area contributed by atoms with Gasteiger partial charge in [0.15, 0.2) is 0 Å². The molecule has 1 fully saturated rings. The molecule has 6 heteroatoms. The van der Waals surface area contributed by atoms with E-state index in [0.29, 0.717) is 6.04 Å². The van der Waals surface area contributed by atoms with Crippen molar-refractivity contribution in [3.05, 3.63) is 16.5 Å². The molecule has 1 aromatic heterocycles. The Kier molecular flexibility index (Phi) is 5.13. The lowest BCUT2D eigenvalue weighted by molar-refractivity contribution is 0.122. The molecule has 0 aliphatic carbocycles. The van der Waals surface area contributed by atoms with Crippen molar-refractivity contribution in [2.75, 3.05) is 45.6 Å². The third kappa shape index (κ3) is 4.12. The van der Waals surface area contributed by atoms with Crippen LogP contribution >= 0.6 is 15.9 Å². The fourth-order valence-corrected chi connectivity index (χ4v) is 2.68. The number of anilines is 1. The first-order valence-corrected chi connectivity index (χ1v) is 7.54. The molecule has 1 aromatic rings. The molecule has 0 radical (unpaired) electrons. The Morgan fingerprint density at radius 1 is 1.37 bits per heavy atom. The minimum absolute atomic E-state index is 0.526. The number of halogens is 1. The highest BCUT2D eigenvalue weighted by Crippen LogP contribution is 2.14. The Bertz CT molecular complexity index is 425. The number of nitrogens with one attached hydrogen (secondary N) is 1. The molecule has 2 heterocycles. The third-order valence-corrected chi connectivity index (χ3v) is 3.96. The number of nitrogens with zero attached hydrogens (tertiary/aromatic N) is 4. The number of rotatable bonds is 4. The van der Waals surface area contributed by atoms with Crippen LogP contribution < -0.4 is 5.32 Å². The molecular formula is C13H22BrN5. The zero-order valence-electron chi connectivity index (χ0n) is 11.9. The summed E-state index contributed by atoms with van der Waals surface area (Å²) in [6.45, 7) is 6.34. The van der Waals surface area contributed by atoms with Crippen molar-refractivity contribution in [2.24, 2.45) is 0 Å². The van der Waals surface area contributed by atoms with Gasteiger partial charge in [-0.1, -0.05) is 6.92 Å². The topological polar surface area (TPSA) is 44.3 Å². The average molecular weight is 328 g/mol. The van der Waals surface area contributed by atoms with Crippen molar-refractivity contribution in [3.63, 3.8) is 0 Å². The van der Waals surface area contributed by atoms with Gasteiger partial charge in [-0.3, -0.25) is 4.90 Å². The molecule has 106 valence electrons. The number of aryl methyl sites for hydroxylation is 1. The van der Waals surface area contributed by atoms with E-state index in [4.69, 9.17) is 0 Å². The quantitative estimate of drug-likeness (QED) is 0.848. The zero-order valence-corrected chi connectivity index (χ0v) is 13.4.